The van der Waals surface area contributed by atoms with Crippen LogP contribution in [0, 0.1) is 0 Å². The Labute approximate surface area is 173 Å². The predicted molar refractivity (Wildman–Crippen MR) is 123 cm³/mol. The third kappa shape index (κ3) is 2.88. The first-order valence-corrected chi connectivity index (χ1v) is 15.9. The molecule has 0 aliphatic heterocycles. The third-order valence-corrected chi connectivity index (χ3v) is 21.4. The molecule has 0 saturated heterocycles. The first kappa shape index (κ1) is 17.7. The van der Waals surface area contributed by atoms with Crippen molar-refractivity contribution in [3.8, 4) is 0 Å². The number of rotatable bonds is 4. The molecular formula is C25H19NSSn. The molecule has 28 heavy (non-hydrogen) atoms. The molecule has 134 valence electrons. The van der Waals surface area contributed by atoms with Crippen LogP contribution in [0.1, 0.15) is 0 Å². The van der Waals surface area contributed by atoms with E-state index in [0.717, 1.165) is 5.52 Å². The Bertz CT molecular complexity index is 1070. The molecule has 0 spiro atoms. The van der Waals surface area contributed by atoms with E-state index in [9.17, 15) is 0 Å². The maximum absolute atomic E-state index is 5.23. The summed E-state index contributed by atoms with van der Waals surface area (Å²) in [5.41, 5.74) is 1.10. The van der Waals surface area contributed by atoms with Crippen molar-refractivity contribution < 1.29 is 0 Å². The van der Waals surface area contributed by atoms with E-state index in [-0.39, 0.29) is 0 Å². The molecule has 5 aromatic rings. The number of hydrogen-bond donors (Lipinski definition) is 0. The fraction of sp³-hybridized carbons (Fsp3) is 0. The van der Waals surface area contributed by atoms with E-state index in [1.165, 1.54) is 18.5 Å². The number of aromatic nitrogens is 1. The fourth-order valence-electron chi connectivity index (χ4n) is 3.97. The Balaban J connectivity index is 1.92. The Kier molecular flexibility index (Phi) is 4.75. The Hall–Kier alpha value is -2.43. The Morgan fingerprint density at radius 2 is 0.929 bits per heavy atom. The normalized spacial score (nSPS) is 11.6. The standard InChI is InChI=1S/C7H4NS.3C6H5.Sn/c1-2-4-7-6(3-1)8-5-9-7;3*1-2-4-6-5-3-1;/h1-4H;3*1-5H;. The average molecular weight is 484 g/mol. The van der Waals surface area contributed by atoms with Crippen LogP contribution < -0.4 is 13.8 Å². The van der Waals surface area contributed by atoms with Crippen molar-refractivity contribution in [3.63, 3.8) is 0 Å². The van der Waals surface area contributed by atoms with Crippen LogP contribution in [0.15, 0.2) is 115 Å². The molecular weight excluding hydrogens is 465 g/mol. The van der Waals surface area contributed by atoms with Gasteiger partial charge in [0.1, 0.15) is 0 Å². The second-order valence-electron chi connectivity index (χ2n) is 6.83. The van der Waals surface area contributed by atoms with E-state index in [4.69, 9.17) is 4.98 Å². The van der Waals surface area contributed by atoms with Crippen molar-refractivity contribution in [1.82, 2.24) is 4.98 Å². The van der Waals surface area contributed by atoms with Crippen LogP contribution in [0.5, 0.6) is 0 Å². The van der Waals surface area contributed by atoms with Crippen LogP contribution in [-0.4, -0.2) is 23.4 Å². The summed E-state index contributed by atoms with van der Waals surface area (Å²) in [5.74, 6) is 0. The molecule has 0 amide bonds. The zero-order chi connectivity index (χ0) is 18.8. The number of nitrogens with zero attached hydrogens (tertiary/aromatic N) is 1. The summed E-state index contributed by atoms with van der Waals surface area (Å²) >= 11 is -1.64. The molecule has 0 radical (unpaired) electrons. The van der Waals surface area contributed by atoms with Gasteiger partial charge in [0.2, 0.25) is 0 Å². The maximum atomic E-state index is 5.23. The Morgan fingerprint density at radius 1 is 0.500 bits per heavy atom. The molecule has 0 saturated carbocycles. The SMILES string of the molecule is c1cc[c]([Sn]([c]2ccccc2)([c]2ccccc2)[c]2nc3ccccc3s2)cc1. The first-order chi connectivity index (χ1) is 13.9. The van der Waals surface area contributed by atoms with Gasteiger partial charge in [0, 0.05) is 0 Å². The second kappa shape index (κ2) is 7.53. The third-order valence-electron chi connectivity index (χ3n) is 5.24. The molecule has 1 nitrogen and oxygen atoms in total. The number of benzene rings is 4. The molecule has 0 unspecified atom stereocenters. The second-order valence-corrected chi connectivity index (χ2v) is 19.5. The zero-order valence-corrected chi connectivity index (χ0v) is 19.0. The Morgan fingerprint density at radius 3 is 1.39 bits per heavy atom. The van der Waals surface area contributed by atoms with E-state index in [0.29, 0.717) is 0 Å². The first-order valence-electron chi connectivity index (χ1n) is 9.41. The summed E-state index contributed by atoms with van der Waals surface area (Å²) in [5, 5.41) is 0. The van der Waals surface area contributed by atoms with Crippen molar-refractivity contribution in [2.75, 3.05) is 0 Å². The molecule has 0 N–H and O–H groups in total. The molecule has 5 rings (SSSR count). The zero-order valence-electron chi connectivity index (χ0n) is 15.3. The summed E-state index contributed by atoms with van der Waals surface area (Å²) in [6.45, 7) is 0. The van der Waals surface area contributed by atoms with Gasteiger partial charge in [-0.15, -0.1) is 0 Å². The van der Waals surface area contributed by atoms with E-state index >= 15 is 0 Å². The summed E-state index contributed by atoms with van der Waals surface area (Å²) in [6, 6.07) is 41.7. The van der Waals surface area contributed by atoms with Crippen LogP contribution in [0.4, 0.5) is 0 Å². The average Bonchev–Trinajstić information content (AvgIpc) is 3.21. The molecule has 0 aliphatic rings. The number of hydrogen-bond acceptors (Lipinski definition) is 2. The summed E-state index contributed by atoms with van der Waals surface area (Å²) in [4.78, 5) is 5.23. The monoisotopic (exact) mass is 485 g/mol. The van der Waals surface area contributed by atoms with Gasteiger partial charge in [0.15, 0.2) is 0 Å². The van der Waals surface area contributed by atoms with E-state index < -0.39 is 18.4 Å². The molecule has 3 heteroatoms. The van der Waals surface area contributed by atoms with Crippen LogP contribution in [0.25, 0.3) is 10.2 Å². The van der Waals surface area contributed by atoms with Crippen molar-refractivity contribution in [2.24, 2.45) is 0 Å². The number of thiazole rings is 1. The molecule has 1 heterocycles. The van der Waals surface area contributed by atoms with Gasteiger partial charge in [-0.2, -0.15) is 0 Å². The van der Waals surface area contributed by atoms with Crippen LogP contribution in [-0.2, 0) is 0 Å². The van der Waals surface area contributed by atoms with E-state index in [1.54, 1.807) is 0 Å². The minimum absolute atomic E-state index is 1.10. The minimum atomic E-state index is -3.51. The van der Waals surface area contributed by atoms with E-state index in [1.807, 2.05) is 11.3 Å². The molecule has 0 atom stereocenters. The topological polar surface area (TPSA) is 12.9 Å². The van der Waals surface area contributed by atoms with Gasteiger partial charge >= 0.3 is 174 Å². The quantitative estimate of drug-likeness (QED) is 0.355. The van der Waals surface area contributed by atoms with Crippen molar-refractivity contribution >= 4 is 53.7 Å². The van der Waals surface area contributed by atoms with Crippen LogP contribution in [0.3, 0.4) is 0 Å². The molecule has 0 aliphatic carbocycles. The van der Waals surface area contributed by atoms with Crippen LogP contribution in [0.2, 0.25) is 0 Å². The van der Waals surface area contributed by atoms with Gasteiger partial charge in [-0.25, -0.2) is 0 Å². The van der Waals surface area contributed by atoms with Gasteiger partial charge < -0.3 is 0 Å². The van der Waals surface area contributed by atoms with Gasteiger partial charge in [-0.05, 0) is 0 Å². The van der Waals surface area contributed by atoms with Crippen molar-refractivity contribution in [2.45, 2.75) is 0 Å². The van der Waals surface area contributed by atoms with Crippen LogP contribution >= 0.6 is 11.3 Å². The predicted octanol–water partition coefficient (Wildman–Crippen LogP) is 3.67. The molecule has 1 aromatic heterocycles. The molecule has 0 fully saturated rings. The molecule has 4 aromatic carbocycles. The van der Waals surface area contributed by atoms with Gasteiger partial charge in [-0.1, -0.05) is 0 Å². The van der Waals surface area contributed by atoms with Gasteiger partial charge in [0.05, 0.1) is 0 Å². The summed E-state index contributed by atoms with van der Waals surface area (Å²) < 4.78 is 6.88. The van der Waals surface area contributed by atoms with Gasteiger partial charge in [0.25, 0.3) is 0 Å². The molecule has 0 bridgehead atoms. The van der Waals surface area contributed by atoms with Crippen molar-refractivity contribution in [3.05, 3.63) is 115 Å². The van der Waals surface area contributed by atoms with E-state index in [2.05, 4.69) is 115 Å². The number of para-hydroxylation sites is 1. The summed E-state index contributed by atoms with van der Waals surface area (Å²) in [6.07, 6.45) is 0. The van der Waals surface area contributed by atoms with Crippen molar-refractivity contribution in [1.29, 1.82) is 0 Å². The van der Waals surface area contributed by atoms with Gasteiger partial charge in [-0.3, -0.25) is 0 Å². The summed E-state index contributed by atoms with van der Waals surface area (Å²) in [7, 11) is 0. The fourth-order valence-corrected chi connectivity index (χ4v) is 21.2. The number of fused-ring (bicyclic) bond motifs is 1.